The zero-order valence-electron chi connectivity index (χ0n) is 13.6. The van der Waals surface area contributed by atoms with Gasteiger partial charge in [0.1, 0.15) is 0 Å². The molecule has 0 unspecified atom stereocenters. The van der Waals surface area contributed by atoms with E-state index in [1.807, 2.05) is 11.9 Å². The molecule has 0 fully saturated rings. The van der Waals surface area contributed by atoms with Crippen molar-refractivity contribution in [3.05, 3.63) is 0 Å². The molecule has 7 nitrogen and oxygen atoms in total. The third-order valence-electron chi connectivity index (χ3n) is 2.75. The summed E-state index contributed by atoms with van der Waals surface area (Å²) in [6, 6.07) is 0.374. The van der Waals surface area contributed by atoms with Gasteiger partial charge >= 0.3 is 6.01 Å². The van der Waals surface area contributed by atoms with E-state index in [0.717, 1.165) is 39.0 Å². The van der Waals surface area contributed by atoms with E-state index < -0.39 is 0 Å². The fourth-order valence-corrected chi connectivity index (χ4v) is 1.64. The highest BCUT2D eigenvalue weighted by Crippen LogP contribution is 2.14. The van der Waals surface area contributed by atoms with Gasteiger partial charge in [0.15, 0.2) is 0 Å². The molecule has 0 saturated carbocycles. The van der Waals surface area contributed by atoms with E-state index in [0.29, 0.717) is 24.5 Å². The zero-order chi connectivity index (χ0) is 15.5. The van der Waals surface area contributed by atoms with Crippen LogP contribution in [0.25, 0.3) is 0 Å². The zero-order valence-corrected chi connectivity index (χ0v) is 13.6. The topological polar surface area (TPSA) is 72.4 Å². The monoisotopic (exact) mass is 297 g/mol. The number of anilines is 2. The summed E-state index contributed by atoms with van der Waals surface area (Å²) in [5, 5.41) is 3.18. The van der Waals surface area contributed by atoms with E-state index >= 15 is 0 Å². The van der Waals surface area contributed by atoms with E-state index in [-0.39, 0.29) is 0 Å². The molecule has 1 heterocycles. The van der Waals surface area contributed by atoms with Crippen molar-refractivity contribution in [1.29, 1.82) is 0 Å². The maximum atomic E-state index is 5.54. The third-order valence-corrected chi connectivity index (χ3v) is 2.75. The average Bonchev–Trinajstić information content (AvgIpc) is 2.50. The van der Waals surface area contributed by atoms with Crippen LogP contribution in [0.2, 0.25) is 0 Å². The summed E-state index contributed by atoms with van der Waals surface area (Å²) in [6.07, 6.45) is 2.85. The fourth-order valence-electron chi connectivity index (χ4n) is 1.64. The molecule has 0 bridgehead atoms. The van der Waals surface area contributed by atoms with Crippen molar-refractivity contribution in [3.8, 4) is 6.01 Å². The van der Waals surface area contributed by atoms with Crippen LogP contribution < -0.4 is 15.0 Å². The molecule has 0 saturated heterocycles. The molecular weight excluding hydrogens is 270 g/mol. The van der Waals surface area contributed by atoms with Crippen LogP contribution >= 0.6 is 0 Å². The van der Waals surface area contributed by atoms with Crippen molar-refractivity contribution >= 4 is 11.9 Å². The van der Waals surface area contributed by atoms with E-state index in [1.165, 1.54) is 0 Å². The molecular formula is C14H27N5O2. The standard InChI is InChI=1S/C14H27N5O2/c1-5-8-15-12-16-13(19(3)9-7-11-20-4)18-14(17-12)21-10-6-2/h5-11H2,1-4H3,(H,15,16,17,18). The molecule has 0 atom stereocenters. The lowest BCUT2D eigenvalue weighted by Crippen LogP contribution is -2.23. The van der Waals surface area contributed by atoms with Gasteiger partial charge < -0.3 is 19.7 Å². The highest BCUT2D eigenvalue weighted by atomic mass is 16.5. The van der Waals surface area contributed by atoms with Crippen LogP contribution in [0.3, 0.4) is 0 Å². The van der Waals surface area contributed by atoms with Crippen LogP contribution in [-0.4, -0.2) is 55.4 Å². The number of aromatic nitrogens is 3. The van der Waals surface area contributed by atoms with Gasteiger partial charge in [-0.15, -0.1) is 0 Å². The van der Waals surface area contributed by atoms with Gasteiger partial charge in [-0.25, -0.2) is 0 Å². The van der Waals surface area contributed by atoms with Gasteiger partial charge in [0.05, 0.1) is 6.61 Å². The Bertz CT molecular complexity index is 377. The number of hydrogen-bond acceptors (Lipinski definition) is 7. The molecule has 1 N–H and O–H groups in total. The first-order chi connectivity index (χ1) is 10.2. The third kappa shape index (κ3) is 6.57. The molecule has 1 aromatic heterocycles. The van der Waals surface area contributed by atoms with E-state index in [2.05, 4.69) is 34.1 Å². The van der Waals surface area contributed by atoms with Gasteiger partial charge in [-0.2, -0.15) is 15.0 Å². The largest absolute Gasteiger partial charge is 0.463 e. The lowest BCUT2D eigenvalue weighted by molar-refractivity contribution is 0.196. The van der Waals surface area contributed by atoms with Gasteiger partial charge in [-0.05, 0) is 19.3 Å². The first kappa shape index (κ1) is 17.4. The highest BCUT2D eigenvalue weighted by Gasteiger charge is 2.11. The second-order valence-corrected chi connectivity index (χ2v) is 4.78. The summed E-state index contributed by atoms with van der Waals surface area (Å²) in [4.78, 5) is 15.1. The predicted octanol–water partition coefficient (Wildman–Crippen LogP) is 1.95. The van der Waals surface area contributed by atoms with E-state index in [4.69, 9.17) is 9.47 Å². The van der Waals surface area contributed by atoms with Gasteiger partial charge in [-0.3, -0.25) is 0 Å². The Balaban J connectivity index is 2.78. The van der Waals surface area contributed by atoms with Crippen molar-refractivity contribution in [2.45, 2.75) is 33.1 Å². The van der Waals surface area contributed by atoms with Crippen LogP contribution in [0.1, 0.15) is 33.1 Å². The second-order valence-electron chi connectivity index (χ2n) is 4.78. The van der Waals surface area contributed by atoms with Crippen molar-refractivity contribution in [2.24, 2.45) is 0 Å². The number of hydrogen-bond donors (Lipinski definition) is 1. The van der Waals surface area contributed by atoms with Crippen LogP contribution in [0.5, 0.6) is 6.01 Å². The molecule has 0 aromatic carbocycles. The number of ether oxygens (including phenoxy) is 2. The lowest BCUT2D eigenvalue weighted by Gasteiger charge is -2.18. The Labute approximate surface area is 127 Å². The van der Waals surface area contributed by atoms with Crippen LogP contribution in [-0.2, 0) is 4.74 Å². The molecule has 0 radical (unpaired) electrons. The Morgan fingerprint density at radius 2 is 1.90 bits per heavy atom. The highest BCUT2D eigenvalue weighted by molar-refractivity contribution is 5.37. The Kier molecular flexibility index (Phi) is 8.42. The quantitative estimate of drug-likeness (QED) is 0.626. The van der Waals surface area contributed by atoms with Crippen molar-refractivity contribution in [3.63, 3.8) is 0 Å². The normalized spacial score (nSPS) is 10.5. The first-order valence-corrected chi connectivity index (χ1v) is 7.54. The number of rotatable bonds is 11. The minimum absolute atomic E-state index is 0.374. The molecule has 0 spiro atoms. The lowest BCUT2D eigenvalue weighted by atomic mass is 10.4. The summed E-state index contributed by atoms with van der Waals surface area (Å²) in [5.74, 6) is 1.18. The summed E-state index contributed by atoms with van der Waals surface area (Å²) < 4.78 is 10.6. The number of nitrogens with zero attached hydrogens (tertiary/aromatic N) is 4. The maximum Gasteiger partial charge on any atom is 0.323 e. The molecule has 7 heteroatoms. The van der Waals surface area contributed by atoms with Gasteiger partial charge in [0.25, 0.3) is 0 Å². The summed E-state index contributed by atoms with van der Waals surface area (Å²) in [5.41, 5.74) is 0. The van der Waals surface area contributed by atoms with Crippen LogP contribution in [0, 0.1) is 0 Å². The summed E-state index contributed by atoms with van der Waals surface area (Å²) >= 11 is 0. The minimum Gasteiger partial charge on any atom is -0.463 e. The average molecular weight is 297 g/mol. The van der Waals surface area contributed by atoms with E-state index in [9.17, 15) is 0 Å². The van der Waals surface area contributed by atoms with Gasteiger partial charge in [0, 0.05) is 33.9 Å². The first-order valence-electron chi connectivity index (χ1n) is 7.54. The fraction of sp³-hybridized carbons (Fsp3) is 0.786. The Hall–Kier alpha value is -1.63. The van der Waals surface area contributed by atoms with Crippen molar-refractivity contribution in [2.75, 3.05) is 50.7 Å². The van der Waals surface area contributed by atoms with Crippen LogP contribution in [0.15, 0.2) is 0 Å². The maximum absolute atomic E-state index is 5.54. The van der Waals surface area contributed by atoms with Crippen LogP contribution in [0.4, 0.5) is 11.9 Å². The summed E-state index contributed by atoms with van der Waals surface area (Å²) in [6.45, 7) is 7.11. The summed E-state index contributed by atoms with van der Waals surface area (Å²) in [7, 11) is 3.66. The Morgan fingerprint density at radius 3 is 2.57 bits per heavy atom. The Morgan fingerprint density at radius 1 is 1.10 bits per heavy atom. The van der Waals surface area contributed by atoms with Crippen molar-refractivity contribution < 1.29 is 9.47 Å². The molecule has 1 rings (SSSR count). The molecule has 1 aromatic rings. The van der Waals surface area contributed by atoms with Crippen molar-refractivity contribution in [1.82, 2.24) is 15.0 Å². The van der Waals surface area contributed by atoms with E-state index in [1.54, 1.807) is 7.11 Å². The SMILES string of the molecule is CCCNc1nc(OCCC)nc(N(C)CCCOC)n1. The van der Waals surface area contributed by atoms with Gasteiger partial charge in [-0.1, -0.05) is 13.8 Å². The number of methoxy groups -OCH3 is 1. The smallest absolute Gasteiger partial charge is 0.323 e. The minimum atomic E-state index is 0.374. The molecule has 0 aliphatic heterocycles. The molecule has 0 aliphatic rings. The second kappa shape index (κ2) is 10.1. The predicted molar refractivity (Wildman–Crippen MR) is 84.2 cm³/mol. The molecule has 0 aliphatic carbocycles. The number of nitrogens with one attached hydrogen (secondary N) is 1. The molecule has 0 amide bonds. The van der Waals surface area contributed by atoms with Gasteiger partial charge in [0.2, 0.25) is 11.9 Å². The molecule has 21 heavy (non-hydrogen) atoms. The molecule has 120 valence electrons.